The average Bonchev–Trinajstić information content (AvgIpc) is 3.03. The number of likely N-dealkylation sites (N-methyl/N-ethyl adjacent to an activating group) is 1. The van der Waals surface area contributed by atoms with Crippen LogP contribution < -0.4 is 14.4 Å². The Balaban J connectivity index is 1.76. The first-order valence-corrected chi connectivity index (χ1v) is 16.6. The summed E-state index contributed by atoms with van der Waals surface area (Å²) in [4.78, 5) is 29.4. The van der Waals surface area contributed by atoms with E-state index >= 15 is 0 Å². The van der Waals surface area contributed by atoms with Gasteiger partial charge >= 0.3 is 0 Å². The molecule has 0 heterocycles. The van der Waals surface area contributed by atoms with Crippen molar-refractivity contribution in [3.8, 4) is 5.75 Å². The molecule has 0 fully saturated rings. The van der Waals surface area contributed by atoms with E-state index in [1.165, 1.54) is 17.0 Å². The van der Waals surface area contributed by atoms with E-state index < -0.39 is 28.5 Å². The number of anilines is 1. The number of nitrogens with zero attached hydrogens (tertiary/aromatic N) is 2. The molecule has 1 N–H and O–H groups in total. The molecule has 0 unspecified atom stereocenters. The number of halogens is 1. The van der Waals surface area contributed by atoms with Crippen molar-refractivity contribution in [2.24, 2.45) is 0 Å². The molecule has 1 atom stereocenters. The van der Waals surface area contributed by atoms with E-state index in [0.717, 1.165) is 19.9 Å². The zero-order chi connectivity index (χ0) is 31.5. The quantitative estimate of drug-likeness (QED) is 0.182. The van der Waals surface area contributed by atoms with E-state index in [1.54, 1.807) is 42.5 Å². The molecule has 0 saturated heterocycles. The standard InChI is InChI=1S/C34H36BrN3O5S/c1-3-36-34(40)32(23-26-12-7-5-8-13-26)37(24-27-14-11-15-28(35)22-27)33(39)25-38(29-16-9-6-10-17-29)44(41,42)31-20-18-30(19-21-31)43-4-2/h5-22,32H,3-4,23-25H2,1-2H3,(H,36,40)/t32-/m1/s1. The van der Waals surface area contributed by atoms with Gasteiger partial charge in [0, 0.05) is 24.0 Å². The molecule has 230 valence electrons. The molecule has 0 aliphatic carbocycles. The number of rotatable bonds is 14. The number of sulfonamides is 1. The maximum Gasteiger partial charge on any atom is 0.264 e. The third kappa shape index (κ3) is 8.48. The van der Waals surface area contributed by atoms with E-state index in [-0.39, 0.29) is 23.8 Å². The van der Waals surface area contributed by atoms with Gasteiger partial charge in [0.15, 0.2) is 0 Å². The van der Waals surface area contributed by atoms with Crippen molar-refractivity contribution >= 4 is 43.5 Å². The Hall–Kier alpha value is -4.15. The molecule has 0 radical (unpaired) electrons. The fraction of sp³-hybridized carbons (Fsp3) is 0.235. The van der Waals surface area contributed by atoms with E-state index in [2.05, 4.69) is 21.2 Å². The fourth-order valence-electron chi connectivity index (χ4n) is 4.80. The Morgan fingerprint density at radius 1 is 0.841 bits per heavy atom. The lowest BCUT2D eigenvalue weighted by Gasteiger charge is -2.33. The molecule has 10 heteroatoms. The number of nitrogens with one attached hydrogen (secondary N) is 1. The summed E-state index contributed by atoms with van der Waals surface area (Å²) in [6.07, 6.45) is 0.253. The lowest BCUT2D eigenvalue weighted by Crippen LogP contribution is -2.53. The lowest BCUT2D eigenvalue weighted by molar-refractivity contribution is -0.140. The van der Waals surface area contributed by atoms with Crippen molar-refractivity contribution in [2.45, 2.75) is 37.8 Å². The van der Waals surface area contributed by atoms with Crippen molar-refractivity contribution in [1.29, 1.82) is 0 Å². The van der Waals surface area contributed by atoms with Gasteiger partial charge in [0.25, 0.3) is 10.0 Å². The second-order valence-corrected chi connectivity index (χ2v) is 12.8. The number of ether oxygens (including phenoxy) is 1. The summed E-state index contributed by atoms with van der Waals surface area (Å²) < 4.78 is 35.6. The van der Waals surface area contributed by atoms with Crippen LogP contribution in [0.5, 0.6) is 5.75 Å². The van der Waals surface area contributed by atoms with Crippen LogP contribution in [0.1, 0.15) is 25.0 Å². The topological polar surface area (TPSA) is 96.0 Å². The zero-order valence-electron chi connectivity index (χ0n) is 24.7. The van der Waals surface area contributed by atoms with Crippen molar-refractivity contribution in [3.63, 3.8) is 0 Å². The summed E-state index contributed by atoms with van der Waals surface area (Å²) in [6.45, 7) is 4.07. The summed E-state index contributed by atoms with van der Waals surface area (Å²) in [5, 5.41) is 2.87. The minimum atomic E-state index is -4.19. The Bertz CT molecular complexity index is 1630. The number of carbonyl (C=O) groups excluding carboxylic acids is 2. The molecule has 0 bridgehead atoms. The van der Waals surface area contributed by atoms with Crippen LogP contribution in [0.25, 0.3) is 0 Å². The number of benzene rings is 4. The van der Waals surface area contributed by atoms with Crippen LogP contribution in [0.15, 0.2) is 119 Å². The minimum Gasteiger partial charge on any atom is -0.494 e. The first kappa shape index (κ1) is 32.8. The first-order chi connectivity index (χ1) is 21.2. The molecule has 4 aromatic rings. The van der Waals surface area contributed by atoms with Crippen LogP contribution in [0.2, 0.25) is 0 Å². The van der Waals surface area contributed by atoms with Gasteiger partial charge in [0.05, 0.1) is 17.2 Å². The number of amides is 2. The van der Waals surface area contributed by atoms with Crippen LogP contribution in [0, 0.1) is 0 Å². The lowest BCUT2D eigenvalue weighted by atomic mass is 10.0. The molecule has 0 aliphatic rings. The van der Waals surface area contributed by atoms with E-state index in [0.29, 0.717) is 24.6 Å². The average molecular weight is 679 g/mol. The van der Waals surface area contributed by atoms with Gasteiger partial charge < -0.3 is 15.0 Å². The van der Waals surface area contributed by atoms with Crippen LogP contribution >= 0.6 is 15.9 Å². The summed E-state index contributed by atoms with van der Waals surface area (Å²) in [7, 11) is -4.19. The van der Waals surface area contributed by atoms with Gasteiger partial charge in [-0.05, 0) is 73.5 Å². The second-order valence-electron chi connectivity index (χ2n) is 10.0. The van der Waals surface area contributed by atoms with Crippen molar-refractivity contribution in [1.82, 2.24) is 10.2 Å². The highest BCUT2D eigenvalue weighted by molar-refractivity contribution is 9.10. The maximum atomic E-state index is 14.4. The number of para-hydroxylation sites is 1. The van der Waals surface area contributed by atoms with Gasteiger partial charge in [-0.1, -0.05) is 76.6 Å². The number of carbonyl (C=O) groups is 2. The van der Waals surface area contributed by atoms with Crippen LogP contribution in [0.3, 0.4) is 0 Å². The molecule has 0 spiro atoms. The molecular weight excluding hydrogens is 642 g/mol. The molecule has 0 saturated carbocycles. The Morgan fingerprint density at radius 2 is 1.48 bits per heavy atom. The van der Waals surface area contributed by atoms with Crippen LogP contribution in [0.4, 0.5) is 5.69 Å². The van der Waals surface area contributed by atoms with Gasteiger partial charge in [-0.3, -0.25) is 13.9 Å². The van der Waals surface area contributed by atoms with Gasteiger partial charge in [-0.25, -0.2) is 8.42 Å². The fourth-order valence-corrected chi connectivity index (χ4v) is 6.66. The van der Waals surface area contributed by atoms with Crippen molar-refractivity contribution in [3.05, 3.63) is 125 Å². The molecule has 0 aliphatic heterocycles. The van der Waals surface area contributed by atoms with E-state index in [4.69, 9.17) is 4.74 Å². The summed E-state index contributed by atoms with van der Waals surface area (Å²) in [5.74, 6) is -0.296. The van der Waals surface area contributed by atoms with Crippen LogP contribution in [-0.2, 0) is 32.6 Å². The summed E-state index contributed by atoms with van der Waals surface area (Å²) in [6, 6.07) is 30.6. The predicted molar refractivity (Wildman–Crippen MR) is 176 cm³/mol. The van der Waals surface area contributed by atoms with Gasteiger partial charge in [0.1, 0.15) is 18.3 Å². The highest BCUT2D eigenvalue weighted by atomic mass is 79.9. The molecule has 4 rings (SSSR count). The van der Waals surface area contributed by atoms with Gasteiger partial charge in [0.2, 0.25) is 11.8 Å². The normalized spacial score (nSPS) is 11.8. The first-order valence-electron chi connectivity index (χ1n) is 14.4. The van der Waals surface area contributed by atoms with Crippen molar-refractivity contribution < 1.29 is 22.7 Å². The molecule has 4 aromatic carbocycles. The summed E-state index contributed by atoms with van der Waals surface area (Å²) >= 11 is 3.49. The smallest absolute Gasteiger partial charge is 0.264 e. The Morgan fingerprint density at radius 3 is 2.09 bits per heavy atom. The molecule has 44 heavy (non-hydrogen) atoms. The molecule has 8 nitrogen and oxygen atoms in total. The number of hydrogen-bond donors (Lipinski definition) is 1. The van der Waals surface area contributed by atoms with Gasteiger partial charge in [-0.2, -0.15) is 0 Å². The third-order valence-corrected chi connectivity index (χ3v) is 9.19. The third-order valence-electron chi connectivity index (χ3n) is 6.91. The molecule has 0 aromatic heterocycles. The van der Waals surface area contributed by atoms with Gasteiger partial charge in [-0.15, -0.1) is 0 Å². The second kappa shape index (κ2) is 15.5. The SMILES string of the molecule is CCNC(=O)[C@@H](Cc1ccccc1)N(Cc1cccc(Br)c1)C(=O)CN(c1ccccc1)S(=O)(=O)c1ccc(OCC)cc1. The highest BCUT2D eigenvalue weighted by Crippen LogP contribution is 2.26. The summed E-state index contributed by atoms with van der Waals surface area (Å²) in [5.41, 5.74) is 1.99. The monoisotopic (exact) mass is 677 g/mol. The molecule has 2 amide bonds. The minimum absolute atomic E-state index is 0.0145. The molecular formula is C34H36BrN3O5S. The zero-order valence-corrected chi connectivity index (χ0v) is 27.1. The van der Waals surface area contributed by atoms with E-state index in [9.17, 15) is 18.0 Å². The van der Waals surface area contributed by atoms with Crippen LogP contribution in [-0.4, -0.2) is 50.9 Å². The van der Waals surface area contributed by atoms with E-state index in [1.807, 2.05) is 68.4 Å². The predicted octanol–water partition coefficient (Wildman–Crippen LogP) is 5.82. The highest BCUT2D eigenvalue weighted by Gasteiger charge is 2.34. The largest absolute Gasteiger partial charge is 0.494 e. The number of hydrogen-bond acceptors (Lipinski definition) is 5. The Kier molecular flexibility index (Phi) is 11.6. The Labute approximate surface area is 267 Å². The maximum absolute atomic E-state index is 14.4. The van der Waals surface area contributed by atoms with Crippen molar-refractivity contribution in [2.75, 3.05) is 24.0 Å².